The first-order chi connectivity index (χ1) is 14.4. The van der Waals surface area contributed by atoms with E-state index in [1.54, 1.807) is 32.7 Å². The molecule has 1 aromatic heterocycles. The van der Waals surface area contributed by atoms with E-state index in [-0.39, 0.29) is 29.9 Å². The molecule has 9 nitrogen and oxygen atoms in total. The highest BCUT2D eigenvalue weighted by atomic mass is 32.2. The van der Waals surface area contributed by atoms with E-state index < -0.39 is 10.0 Å². The van der Waals surface area contributed by atoms with Crippen molar-refractivity contribution in [3.8, 4) is 0 Å². The summed E-state index contributed by atoms with van der Waals surface area (Å²) in [6.45, 7) is 1.39. The van der Waals surface area contributed by atoms with E-state index in [0.717, 1.165) is 11.0 Å². The molecule has 156 valence electrons. The quantitative estimate of drug-likeness (QED) is 0.769. The van der Waals surface area contributed by atoms with Crippen LogP contribution in [0.25, 0.3) is 11.0 Å². The van der Waals surface area contributed by atoms with Crippen LogP contribution in [-0.2, 0) is 14.8 Å². The maximum absolute atomic E-state index is 13.0. The van der Waals surface area contributed by atoms with Gasteiger partial charge in [-0.25, -0.2) is 13.2 Å². The number of amidine groups is 1. The fraction of sp³-hybridized carbons (Fsp3) is 0.350. The highest BCUT2D eigenvalue weighted by molar-refractivity contribution is 7.90. The molecule has 1 fully saturated rings. The maximum atomic E-state index is 13.0. The summed E-state index contributed by atoms with van der Waals surface area (Å²) in [7, 11) is -3.42. The number of fused-ring (bicyclic) bond motifs is 2. The van der Waals surface area contributed by atoms with Crippen molar-refractivity contribution in [1.29, 1.82) is 0 Å². The molecule has 1 amide bonds. The van der Waals surface area contributed by atoms with E-state index in [9.17, 15) is 18.0 Å². The van der Waals surface area contributed by atoms with Crippen molar-refractivity contribution in [2.45, 2.75) is 18.9 Å². The number of rotatable bonds is 2. The Balaban J connectivity index is 1.30. The first-order valence-electron chi connectivity index (χ1n) is 9.89. The van der Waals surface area contributed by atoms with Crippen LogP contribution in [0.4, 0.5) is 0 Å². The number of piperidine rings is 1. The molecule has 5 rings (SSSR count). The Kier molecular flexibility index (Phi) is 4.39. The molecular formula is C20H21N5O4S. The standard InChI is InChI=1S/C20H21N5O4S/c26-19(14-5-6-18-22-30(28,29)12-11-24(18)13-14)23-9-7-15(8-10-23)25-17-4-2-1-3-16(17)21-20(25)27/h1-6,13,15H,7-12H2,(H,21,27). The smallest absolute Gasteiger partial charge is 0.326 e. The van der Waals surface area contributed by atoms with E-state index in [2.05, 4.69) is 9.38 Å². The highest BCUT2D eigenvalue weighted by Crippen LogP contribution is 2.26. The summed E-state index contributed by atoms with van der Waals surface area (Å²) in [4.78, 5) is 31.8. The van der Waals surface area contributed by atoms with Crippen LogP contribution in [0.3, 0.4) is 0 Å². The summed E-state index contributed by atoms with van der Waals surface area (Å²) in [5, 5.41) is 0. The van der Waals surface area contributed by atoms with Gasteiger partial charge in [0.15, 0.2) is 0 Å². The molecule has 3 aliphatic heterocycles. The van der Waals surface area contributed by atoms with E-state index in [1.807, 2.05) is 24.3 Å². The third kappa shape index (κ3) is 3.26. The number of nitrogens with one attached hydrogen (secondary N) is 1. The van der Waals surface area contributed by atoms with Crippen LogP contribution >= 0.6 is 0 Å². The Bertz CT molecular complexity index is 1280. The monoisotopic (exact) mass is 427 g/mol. The van der Waals surface area contributed by atoms with Gasteiger partial charge in [-0.15, -0.1) is 4.40 Å². The van der Waals surface area contributed by atoms with Gasteiger partial charge in [-0.05, 0) is 37.1 Å². The largest absolute Gasteiger partial charge is 0.338 e. The fourth-order valence-corrected chi connectivity index (χ4v) is 5.24. The van der Waals surface area contributed by atoms with Gasteiger partial charge in [0.05, 0.1) is 22.4 Å². The number of likely N-dealkylation sites (tertiary alicyclic amines) is 1. The molecule has 2 aromatic rings. The average molecular weight is 427 g/mol. The van der Waals surface area contributed by atoms with Crippen LogP contribution in [0.5, 0.6) is 0 Å². The van der Waals surface area contributed by atoms with Crippen LogP contribution in [-0.4, -0.2) is 64.9 Å². The van der Waals surface area contributed by atoms with Crippen molar-refractivity contribution in [2.24, 2.45) is 4.40 Å². The van der Waals surface area contributed by atoms with Crippen molar-refractivity contribution in [3.05, 3.63) is 58.7 Å². The minimum absolute atomic E-state index is 0.0413. The lowest BCUT2D eigenvalue weighted by atomic mass is 10.0. The lowest BCUT2D eigenvalue weighted by Gasteiger charge is -2.34. The fourth-order valence-electron chi connectivity index (χ4n) is 4.27. The van der Waals surface area contributed by atoms with Crippen molar-refractivity contribution >= 4 is 32.8 Å². The Morgan fingerprint density at radius 3 is 2.67 bits per heavy atom. The lowest BCUT2D eigenvalue weighted by molar-refractivity contribution is -0.128. The second-order valence-corrected chi connectivity index (χ2v) is 9.44. The second-order valence-electron chi connectivity index (χ2n) is 7.69. The number of aromatic nitrogens is 2. The molecule has 30 heavy (non-hydrogen) atoms. The summed E-state index contributed by atoms with van der Waals surface area (Å²) in [5.41, 5.74) is 2.10. The summed E-state index contributed by atoms with van der Waals surface area (Å²) < 4.78 is 28.8. The first-order valence-corrected chi connectivity index (χ1v) is 11.5. The predicted molar refractivity (Wildman–Crippen MR) is 113 cm³/mol. The molecule has 0 unspecified atom stereocenters. The van der Waals surface area contributed by atoms with Gasteiger partial charge in [0.25, 0.3) is 15.9 Å². The van der Waals surface area contributed by atoms with Crippen LogP contribution in [0, 0.1) is 0 Å². The molecule has 0 atom stereocenters. The molecular weight excluding hydrogens is 406 g/mol. The number of aromatic amines is 1. The van der Waals surface area contributed by atoms with Gasteiger partial charge in [-0.2, -0.15) is 0 Å². The molecule has 1 N–H and O–H groups in total. The molecule has 0 radical (unpaired) electrons. The summed E-state index contributed by atoms with van der Waals surface area (Å²) in [5.74, 6) is 0.186. The molecule has 1 aromatic carbocycles. The van der Waals surface area contributed by atoms with E-state index >= 15 is 0 Å². The van der Waals surface area contributed by atoms with Crippen molar-refractivity contribution in [3.63, 3.8) is 0 Å². The Morgan fingerprint density at radius 2 is 1.87 bits per heavy atom. The minimum Gasteiger partial charge on any atom is -0.338 e. The van der Waals surface area contributed by atoms with Gasteiger partial charge in [0, 0.05) is 31.9 Å². The number of carbonyl (C=O) groups is 1. The third-order valence-electron chi connectivity index (χ3n) is 5.81. The summed E-state index contributed by atoms with van der Waals surface area (Å²) in [6.07, 6.45) is 6.25. The zero-order valence-electron chi connectivity index (χ0n) is 16.2. The maximum Gasteiger partial charge on any atom is 0.326 e. The van der Waals surface area contributed by atoms with Crippen molar-refractivity contribution < 1.29 is 13.2 Å². The van der Waals surface area contributed by atoms with Crippen LogP contribution in [0.15, 0.2) is 57.4 Å². The number of sulfonamides is 1. The Hall–Kier alpha value is -3.14. The highest BCUT2D eigenvalue weighted by Gasteiger charge is 2.29. The molecule has 10 heteroatoms. The summed E-state index contributed by atoms with van der Waals surface area (Å²) >= 11 is 0. The normalized spacial score (nSPS) is 21.3. The lowest BCUT2D eigenvalue weighted by Crippen LogP contribution is -2.42. The van der Waals surface area contributed by atoms with Crippen molar-refractivity contribution in [2.75, 3.05) is 25.4 Å². The van der Waals surface area contributed by atoms with E-state index in [0.29, 0.717) is 37.3 Å². The first kappa shape index (κ1) is 18.9. The van der Waals surface area contributed by atoms with Gasteiger partial charge in [-0.1, -0.05) is 12.1 Å². The van der Waals surface area contributed by atoms with E-state index in [1.165, 1.54) is 0 Å². The summed E-state index contributed by atoms with van der Waals surface area (Å²) in [6, 6.07) is 7.66. The SMILES string of the molecule is O=C(C1=CN2CCS(=O)(=O)N=C2C=C1)N1CCC(n2c(=O)[nH]c3ccccc32)CC1. The van der Waals surface area contributed by atoms with Crippen molar-refractivity contribution in [1.82, 2.24) is 19.4 Å². The predicted octanol–water partition coefficient (Wildman–Crippen LogP) is 0.991. The molecule has 1 saturated heterocycles. The molecule has 0 saturated carbocycles. The molecule has 3 aliphatic rings. The zero-order chi connectivity index (χ0) is 20.9. The minimum atomic E-state index is -3.42. The number of amides is 1. The van der Waals surface area contributed by atoms with Gasteiger partial charge < -0.3 is 14.8 Å². The number of nitrogens with zero attached hydrogens (tertiary/aromatic N) is 4. The second kappa shape index (κ2) is 6.98. The van der Waals surface area contributed by atoms with Gasteiger partial charge in [-0.3, -0.25) is 9.36 Å². The molecule has 0 spiro atoms. The van der Waals surface area contributed by atoms with Gasteiger partial charge >= 0.3 is 5.69 Å². The number of imidazole rings is 1. The molecule has 0 bridgehead atoms. The average Bonchev–Trinajstić information content (AvgIpc) is 3.08. The van der Waals surface area contributed by atoms with Gasteiger partial charge in [0.2, 0.25) is 0 Å². The van der Waals surface area contributed by atoms with E-state index in [4.69, 9.17) is 0 Å². The Morgan fingerprint density at radius 1 is 1.10 bits per heavy atom. The third-order valence-corrected chi connectivity index (χ3v) is 6.98. The Labute approximate surface area is 173 Å². The van der Waals surface area contributed by atoms with Crippen LogP contribution < -0.4 is 5.69 Å². The molecule has 0 aliphatic carbocycles. The topological polar surface area (TPSA) is 108 Å². The van der Waals surface area contributed by atoms with Gasteiger partial charge in [0.1, 0.15) is 5.84 Å². The molecule has 4 heterocycles. The van der Waals surface area contributed by atoms with Crippen LogP contribution in [0.1, 0.15) is 18.9 Å². The number of H-pyrrole nitrogens is 1. The zero-order valence-corrected chi connectivity index (χ0v) is 17.0. The number of benzene rings is 1. The van der Waals surface area contributed by atoms with Crippen LogP contribution in [0.2, 0.25) is 0 Å². The number of carbonyl (C=O) groups excluding carboxylic acids is 1. The number of hydrogen-bond donors (Lipinski definition) is 1. The number of hydrogen-bond acceptors (Lipinski definition) is 5. The number of para-hydroxylation sites is 2.